The number of rotatable bonds is 7. The molecule has 0 radical (unpaired) electrons. The minimum absolute atomic E-state index is 0.113. The van der Waals surface area contributed by atoms with Crippen LogP contribution in [0, 0.1) is 6.92 Å². The number of furan rings is 1. The molecular weight excluding hydrogens is 473 g/mol. The summed E-state index contributed by atoms with van der Waals surface area (Å²) in [6.07, 6.45) is 0. The van der Waals surface area contributed by atoms with Gasteiger partial charge in [0.2, 0.25) is 0 Å². The Labute approximate surface area is 199 Å². The molecule has 4 rings (SSSR count). The van der Waals surface area contributed by atoms with Gasteiger partial charge in [0.15, 0.2) is 11.6 Å². The molecule has 2 aromatic carbocycles. The number of halogens is 3. The van der Waals surface area contributed by atoms with Gasteiger partial charge in [-0.1, -0.05) is 46.9 Å². The quantitative estimate of drug-likeness (QED) is 0.316. The zero-order chi connectivity index (χ0) is 22.7. The molecule has 0 spiro atoms. The molecule has 164 valence electrons. The van der Waals surface area contributed by atoms with Crippen molar-refractivity contribution in [2.75, 3.05) is 5.32 Å². The van der Waals surface area contributed by atoms with Crippen LogP contribution >= 0.6 is 34.8 Å². The molecule has 4 aromatic rings. The number of aromatic nitrogens is 2. The van der Waals surface area contributed by atoms with E-state index in [2.05, 4.69) is 10.4 Å². The number of benzene rings is 2. The maximum absolute atomic E-state index is 12.6. The second kappa shape index (κ2) is 9.69. The van der Waals surface area contributed by atoms with Crippen LogP contribution in [0.2, 0.25) is 15.1 Å². The summed E-state index contributed by atoms with van der Waals surface area (Å²) in [7, 11) is 0. The fraction of sp³-hybridized carbons (Fsp3) is 0.130. The van der Waals surface area contributed by atoms with E-state index < -0.39 is 5.91 Å². The minimum atomic E-state index is -0.409. The van der Waals surface area contributed by atoms with Gasteiger partial charge in [-0.25, -0.2) is 0 Å². The van der Waals surface area contributed by atoms with Crippen molar-refractivity contribution in [3.05, 3.63) is 98.5 Å². The summed E-state index contributed by atoms with van der Waals surface area (Å²) in [6, 6.07) is 17.5. The van der Waals surface area contributed by atoms with Crippen LogP contribution in [0.4, 0.5) is 5.82 Å². The number of anilines is 1. The molecular formula is C23H18Cl3N3O3. The zero-order valence-electron chi connectivity index (χ0n) is 16.9. The summed E-state index contributed by atoms with van der Waals surface area (Å²) in [5, 5.41) is 8.78. The largest absolute Gasteiger partial charge is 0.484 e. The average Bonchev–Trinajstić information content (AvgIpc) is 3.34. The third-order valence-corrected chi connectivity index (χ3v) is 5.36. The number of carbonyl (C=O) groups excluding carboxylic acids is 1. The van der Waals surface area contributed by atoms with Crippen LogP contribution in [0.5, 0.6) is 5.75 Å². The van der Waals surface area contributed by atoms with Crippen LogP contribution in [0.15, 0.2) is 65.1 Å². The van der Waals surface area contributed by atoms with Crippen molar-refractivity contribution in [3.8, 4) is 5.75 Å². The highest BCUT2D eigenvalue weighted by molar-refractivity contribution is 6.35. The molecule has 9 heteroatoms. The lowest BCUT2D eigenvalue weighted by molar-refractivity contribution is 0.0992. The highest BCUT2D eigenvalue weighted by atomic mass is 35.5. The van der Waals surface area contributed by atoms with Gasteiger partial charge in [0, 0.05) is 21.8 Å². The van der Waals surface area contributed by atoms with E-state index >= 15 is 0 Å². The number of carbonyl (C=O) groups is 1. The lowest BCUT2D eigenvalue weighted by Crippen LogP contribution is -2.12. The van der Waals surface area contributed by atoms with Gasteiger partial charge in [0.1, 0.15) is 18.1 Å². The summed E-state index contributed by atoms with van der Waals surface area (Å²) in [5.41, 5.74) is 1.91. The number of nitrogens with one attached hydrogen (secondary N) is 1. The van der Waals surface area contributed by atoms with E-state index in [4.69, 9.17) is 44.0 Å². The van der Waals surface area contributed by atoms with Gasteiger partial charge in [0.25, 0.3) is 5.91 Å². The maximum atomic E-state index is 12.6. The first-order valence-electron chi connectivity index (χ1n) is 9.64. The fourth-order valence-electron chi connectivity index (χ4n) is 3.04. The molecule has 0 fully saturated rings. The Morgan fingerprint density at radius 3 is 2.66 bits per heavy atom. The van der Waals surface area contributed by atoms with Crippen LogP contribution in [-0.4, -0.2) is 15.7 Å². The van der Waals surface area contributed by atoms with Crippen molar-refractivity contribution in [3.63, 3.8) is 0 Å². The van der Waals surface area contributed by atoms with Gasteiger partial charge in [0.05, 0.1) is 11.6 Å². The molecule has 0 saturated carbocycles. The molecule has 2 aromatic heterocycles. The Kier molecular flexibility index (Phi) is 6.74. The number of hydrogen-bond donors (Lipinski definition) is 1. The Balaban J connectivity index is 1.38. The number of ether oxygens (including phenoxy) is 1. The molecule has 0 atom stereocenters. The lowest BCUT2D eigenvalue weighted by Gasteiger charge is -2.06. The van der Waals surface area contributed by atoms with Crippen molar-refractivity contribution in [1.29, 1.82) is 0 Å². The second-order valence-electron chi connectivity index (χ2n) is 7.04. The van der Waals surface area contributed by atoms with E-state index in [0.29, 0.717) is 38.9 Å². The summed E-state index contributed by atoms with van der Waals surface area (Å²) < 4.78 is 13.0. The predicted molar refractivity (Wildman–Crippen MR) is 125 cm³/mol. The average molecular weight is 491 g/mol. The van der Waals surface area contributed by atoms with Crippen molar-refractivity contribution >= 4 is 46.5 Å². The van der Waals surface area contributed by atoms with Gasteiger partial charge in [-0.05, 0) is 55.0 Å². The molecule has 1 amide bonds. The normalized spacial score (nSPS) is 10.9. The van der Waals surface area contributed by atoms with Gasteiger partial charge >= 0.3 is 0 Å². The van der Waals surface area contributed by atoms with Gasteiger partial charge < -0.3 is 14.5 Å². The summed E-state index contributed by atoms with van der Waals surface area (Å²) in [4.78, 5) is 12.6. The van der Waals surface area contributed by atoms with Gasteiger partial charge in [-0.2, -0.15) is 5.10 Å². The minimum Gasteiger partial charge on any atom is -0.484 e. The molecule has 2 heterocycles. The van der Waals surface area contributed by atoms with Crippen molar-refractivity contribution < 1.29 is 13.9 Å². The second-order valence-corrected chi connectivity index (χ2v) is 8.32. The van der Waals surface area contributed by atoms with E-state index in [1.807, 2.05) is 31.2 Å². The monoisotopic (exact) mass is 489 g/mol. The lowest BCUT2D eigenvalue weighted by atomic mass is 10.2. The standard InChI is InChI=1S/C23H18Cl3N3O3/c1-14-9-22(28-29(14)12-15-3-2-4-16(24)10-15)27-23(30)21-8-6-18(32-21)13-31-20-7-5-17(25)11-19(20)26/h2-11H,12-13H2,1H3,(H,27,28,30). The number of nitrogens with zero attached hydrogens (tertiary/aromatic N) is 2. The molecule has 6 nitrogen and oxygen atoms in total. The first-order chi connectivity index (χ1) is 15.4. The number of aryl methyl sites for hydroxylation is 1. The van der Waals surface area contributed by atoms with Crippen LogP contribution in [-0.2, 0) is 13.2 Å². The molecule has 0 aliphatic carbocycles. The van der Waals surface area contributed by atoms with Crippen LogP contribution < -0.4 is 10.1 Å². The Morgan fingerprint density at radius 2 is 1.88 bits per heavy atom. The van der Waals surface area contributed by atoms with E-state index in [9.17, 15) is 4.79 Å². The SMILES string of the molecule is Cc1cc(NC(=O)c2ccc(COc3ccc(Cl)cc3Cl)o2)nn1Cc1cccc(Cl)c1. The van der Waals surface area contributed by atoms with E-state index in [-0.39, 0.29) is 12.4 Å². The van der Waals surface area contributed by atoms with Gasteiger partial charge in [-0.3, -0.25) is 9.48 Å². The first kappa shape index (κ1) is 22.3. The van der Waals surface area contributed by atoms with Crippen LogP contribution in [0.3, 0.4) is 0 Å². The van der Waals surface area contributed by atoms with Crippen molar-refractivity contribution in [2.45, 2.75) is 20.1 Å². The van der Waals surface area contributed by atoms with Crippen molar-refractivity contribution in [1.82, 2.24) is 9.78 Å². The smallest absolute Gasteiger partial charge is 0.292 e. The summed E-state index contributed by atoms with van der Waals surface area (Å²) in [6.45, 7) is 2.57. The molecule has 0 unspecified atom stereocenters. The Hall–Kier alpha value is -2.93. The summed E-state index contributed by atoms with van der Waals surface area (Å²) >= 11 is 18.0. The fourth-order valence-corrected chi connectivity index (χ4v) is 3.71. The number of hydrogen-bond acceptors (Lipinski definition) is 4. The van der Waals surface area contributed by atoms with Crippen LogP contribution in [0.1, 0.15) is 27.6 Å². The zero-order valence-corrected chi connectivity index (χ0v) is 19.2. The van der Waals surface area contributed by atoms with Crippen molar-refractivity contribution in [2.24, 2.45) is 0 Å². The molecule has 0 aliphatic rings. The molecule has 1 N–H and O–H groups in total. The van der Waals surface area contributed by atoms with Crippen LogP contribution in [0.25, 0.3) is 0 Å². The number of amides is 1. The molecule has 0 bridgehead atoms. The molecule has 0 aliphatic heterocycles. The van der Waals surface area contributed by atoms with E-state index in [1.165, 1.54) is 0 Å². The topological polar surface area (TPSA) is 69.3 Å². The molecule has 32 heavy (non-hydrogen) atoms. The third-order valence-electron chi connectivity index (χ3n) is 4.59. The highest BCUT2D eigenvalue weighted by Crippen LogP contribution is 2.28. The first-order valence-corrected chi connectivity index (χ1v) is 10.8. The maximum Gasteiger partial charge on any atom is 0.292 e. The summed E-state index contributed by atoms with van der Waals surface area (Å²) in [5.74, 6) is 1.11. The molecule has 0 saturated heterocycles. The predicted octanol–water partition coefficient (Wildman–Crippen LogP) is 6.62. The Morgan fingerprint density at radius 1 is 1.06 bits per heavy atom. The Bertz CT molecular complexity index is 1270. The van der Waals surface area contributed by atoms with Gasteiger partial charge in [-0.15, -0.1) is 0 Å². The van der Waals surface area contributed by atoms with E-state index in [0.717, 1.165) is 11.3 Å². The van der Waals surface area contributed by atoms with E-state index in [1.54, 1.807) is 41.1 Å². The highest BCUT2D eigenvalue weighted by Gasteiger charge is 2.15. The third kappa shape index (κ3) is 5.46.